The van der Waals surface area contributed by atoms with Crippen LogP contribution in [0.15, 0.2) is 24.3 Å². The highest BCUT2D eigenvalue weighted by molar-refractivity contribution is 5.27. The Morgan fingerprint density at radius 2 is 2.20 bits per heavy atom. The van der Waals surface area contributed by atoms with E-state index in [-0.39, 0.29) is 12.5 Å². The van der Waals surface area contributed by atoms with Gasteiger partial charge >= 0.3 is 0 Å². The van der Waals surface area contributed by atoms with Crippen LogP contribution in [0, 0.1) is 12.8 Å². The minimum Gasteiger partial charge on any atom is -0.493 e. The zero-order chi connectivity index (χ0) is 11.1. The molecule has 0 saturated heterocycles. The molecule has 0 aliphatic rings. The van der Waals surface area contributed by atoms with Crippen molar-refractivity contribution in [3.8, 4) is 5.75 Å². The molecule has 0 heterocycles. The number of aliphatic hydroxyl groups excluding tert-OH is 1. The Morgan fingerprint density at radius 1 is 1.40 bits per heavy atom. The highest BCUT2D eigenvalue weighted by atomic mass is 16.5. The lowest BCUT2D eigenvalue weighted by molar-refractivity contribution is 0.155. The molecule has 1 rings (SSSR count). The highest BCUT2D eigenvalue weighted by Crippen LogP contribution is 2.14. The van der Waals surface area contributed by atoms with Crippen molar-refractivity contribution >= 4 is 0 Å². The van der Waals surface area contributed by atoms with Gasteiger partial charge < -0.3 is 9.84 Å². The molecule has 1 aromatic rings. The summed E-state index contributed by atoms with van der Waals surface area (Å²) in [5.74, 6) is 1.15. The van der Waals surface area contributed by atoms with Crippen LogP contribution in [0.1, 0.15) is 25.3 Å². The fourth-order valence-electron chi connectivity index (χ4n) is 1.55. The van der Waals surface area contributed by atoms with E-state index in [1.165, 1.54) is 5.56 Å². The van der Waals surface area contributed by atoms with Gasteiger partial charge in [-0.05, 0) is 31.0 Å². The Balaban J connectivity index is 2.41. The molecule has 1 aromatic carbocycles. The van der Waals surface area contributed by atoms with Crippen molar-refractivity contribution in [1.82, 2.24) is 0 Å². The maximum Gasteiger partial charge on any atom is 0.119 e. The predicted octanol–water partition coefficient (Wildman–Crippen LogP) is 2.78. The molecular weight excluding hydrogens is 188 g/mol. The largest absolute Gasteiger partial charge is 0.493 e. The number of aliphatic hydroxyl groups is 1. The van der Waals surface area contributed by atoms with Gasteiger partial charge in [-0.25, -0.2) is 0 Å². The molecule has 15 heavy (non-hydrogen) atoms. The first-order valence-corrected chi connectivity index (χ1v) is 5.56. The van der Waals surface area contributed by atoms with Crippen LogP contribution in [0.2, 0.25) is 0 Å². The average molecular weight is 208 g/mol. The van der Waals surface area contributed by atoms with E-state index < -0.39 is 0 Å². The molecule has 84 valence electrons. The van der Waals surface area contributed by atoms with Crippen molar-refractivity contribution < 1.29 is 9.84 Å². The standard InChI is InChI=1S/C13H20O2/c1-3-5-12(9-14)10-15-13-7-4-6-11(2)8-13/h4,6-8,12,14H,3,5,9-10H2,1-2H3. The van der Waals surface area contributed by atoms with E-state index in [4.69, 9.17) is 9.84 Å². The molecule has 0 bridgehead atoms. The molecule has 0 aromatic heterocycles. The van der Waals surface area contributed by atoms with Crippen LogP contribution < -0.4 is 4.74 Å². The summed E-state index contributed by atoms with van der Waals surface area (Å²) in [5, 5.41) is 9.11. The maximum absolute atomic E-state index is 9.11. The lowest BCUT2D eigenvalue weighted by Gasteiger charge is -2.14. The van der Waals surface area contributed by atoms with Crippen molar-refractivity contribution in [3.63, 3.8) is 0 Å². The third kappa shape index (κ3) is 4.34. The molecule has 1 unspecified atom stereocenters. The normalized spacial score (nSPS) is 12.5. The Hall–Kier alpha value is -1.02. The van der Waals surface area contributed by atoms with Crippen molar-refractivity contribution in [3.05, 3.63) is 29.8 Å². The third-order valence-electron chi connectivity index (χ3n) is 2.43. The molecule has 2 heteroatoms. The van der Waals surface area contributed by atoms with Crippen LogP contribution in [0.4, 0.5) is 0 Å². The quantitative estimate of drug-likeness (QED) is 0.779. The fraction of sp³-hybridized carbons (Fsp3) is 0.538. The minimum atomic E-state index is 0.208. The zero-order valence-electron chi connectivity index (χ0n) is 9.57. The van der Waals surface area contributed by atoms with Gasteiger partial charge in [0.15, 0.2) is 0 Å². The summed E-state index contributed by atoms with van der Waals surface area (Å²) in [4.78, 5) is 0. The highest BCUT2D eigenvalue weighted by Gasteiger charge is 2.06. The Labute approximate surface area is 91.9 Å². The number of hydrogen-bond acceptors (Lipinski definition) is 2. The first-order chi connectivity index (χ1) is 7.26. The molecule has 0 spiro atoms. The van der Waals surface area contributed by atoms with Crippen molar-refractivity contribution in [2.45, 2.75) is 26.7 Å². The molecule has 0 aliphatic carbocycles. The van der Waals surface area contributed by atoms with Gasteiger partial charge in [0.25, 0.3) is 0 Å². The summed E-state index contributed by atoms with van der Waals surface area (Å²) < 4.78 is 5.63. The van der Waals surface area contributed by atoms with E-state index in [0.29, 0.717) is 6.61 Å². The van der Waals surface area contributed by atoms with Gasteiger partial charge in [0, 0.05) is 12.5 Å². The average Bonchev–Trinajstić information content (AvgIpc) is 2.24. The number of benzene rings is 1. The van der Waals surface area contributed by atoms with Gasteiger partial charge in [-0.15, -0.1) is 0 Å². The van der Waals surface area contributed by atoms with Crippen LogP contribution >= 0.6 is 0 Å². The zero-order valence-corrected chi connectivity index (χ0v) is 9.57. The number of ether oxygens (including phenoxy) is 1. The lowest BCUT2D eigenvalue weighted by atomic mass is 10.1. The minimum absolute atomic E-state index is 0.208. The number of aryl methyl sites for hydroxylation is 1. The Kier molecular flexibility index (Phi) is 5.19. The molecule has 0 aliphatic heterocycles. The van der Waals surface area contributed by atoms with Crippen LogP contribution in [0.5, 0.6) is 5.75 Å². The molecule has 2 nitrogen and oxygen atoms in total. The van der Waals surface area contributed by atoms with E-state index in [9.17, 15) is 0 Å². The van der Waals surface area contributed by atoms with E-state index in [0.717, 1.165) is 18.6 Å². The molecular formula is C13H20O2. The summed E-state index contributed by atoms with van der Waals surface area (Å²) in [6.07, 6.45) is 2.10. The van der Waals surface area contributed by atoms with Gasteiger partial charge in [-0.3, -0.25) is 0 Å². The second-order valence-electron chi connectivity index (χ2n) is 3.96. The molecule has 0 amide bonds. The topological polar surface area (TPSA) is 29.5 Å². The summed E-state index contributed by atoms with van der Waals surface area (Å²) in [7, 11) is 0. The fourth-order valence-corrected chi connectivity index (χ4v) is 1.55. The summed E-state index contributed by atoms with van der Waals surface area (Å²) in [6, 6.07) is 7.99. The second kappa shape index (κ2) is 6.46. The van der Waals surface area contributed by atoms with Gasteiger partial charge in [-0.2, -0.15) is 0 Å². The van der Waals surface area contributed by atoms with Gasteiger partial charge in [0.1, 0.15) is 5.75 Å². The van der Waals surface area contributed by atoms with E-state index in [2.05, 4.69) is 6.92 Å². The van der Waals surface area contributed by atoms with Crippen LogP contribution in [-0.4, -0.2) is 18.3 Å². The monoisotopic (exact) mass is 208 g/mol. The summed E-state index contributed by atoms with van der Waals surface area (Å²) in [5.41, 5.74) is 1.20. The molecule has 1 N–H and O–H groups in total. The third-order valence-corrected chi connectivity index (χ3v) is 2.43. The van der Waals surface area contributed by atoms with Crippen LogP contribution in [-0.2, 0) is 0 Å². The first-order valence-electron chi connectivity index (χ1n) is 5.56. The molecule has 1 atom stereocenters. The van der Waals surface area contributed by atoms with Crippen molar-refractivity contribution in [2.24, 2.45) is 5.92 Å². The number of rotatable bonds is 6. The van der Waals surface area contributed by atoms with Crippen molar-refractivity contribution in [1.29, 1.82) is 0 Å². The smallest absolute Gasteiger partial charge is 0.119 e. The SMILES string of the molecule is CCCC(CO)COc1cccc(C)c1. The second-order valence-corrected chi connectivity index (χ2v) is 3.96. The first kappa shape index (κ1) is 12.1. The molecule has 0 saturated carbocycles. The van der Waals surface area contributed by atoms with E-state index >= 15 is 0 Å². The Morgan fingerprint density at radius 3 is 2.80 bits per heavy atom. The van der Waals surface area contributed by atoms with Gasteiger partial charge in [0.05, 0.1) is 6.61 Å². The van der Waals surface area contributed by atoms with Gasteiger partial charge in [0.2, 0.25) is 0 Å². The van der Waals surface area contributed by atoms with Crippen molar-refractivity contribution in [2.75, 3.05) is 13.2 Å². The van der Waals surface area contributed by atoms with Crippen LogP contribution in [0.25, 0.3) is 0 Å². The summed E-state index contributed by atoms with van der Waals surface area (Å²) >= 11 is 0. The molecule has 0 fully saturated rings. The number of hydrogen-bond donors (Lipinski definition) is 1. The van der Waals surface area contributed by atoms with Crippen LogP contribution in [0.3, 0.4) is 0 Å². The van der Waals surface area contributed by atoms with E-state index in [1.807, 2.05) is 31.2 Å². The van der Waals surface area contributed by atoms with Gasteiger partial charge in [-0.1, -0.05) is 25.5 Å². The van der Waals surface area contributed by atoms with E-state index in [1.54, 1.807) is 0 Å². The maximum atomic E-state index is 9.11. The Bertz CT molecular complexity index is 284. The molecule has 0 radical (unpaired) electrons. The summed E-state index contributed by atoms with van der Waals surface area (Å²) in [6.45, 7) is 4.98. The lowest BCUT2D eigenvalue weighted by Crippen LogP contribution is -2.15. The predicted molar refractivity (Wildman–Crippen MR) is 62.2 cm³/mol.